The Labute approximate surface area is 264 Å². The number of aryl methyl sites for hydroxylation is 1. The van der Waals surface area contributed by atoms with Crippen LogP contribution in [-0.2, 0) is 14.3 Å². The van der Waals surface area contributed by atoms with Gasteiger partial charge in [0.1, 0.15) is 22.7 Å². The molecule has 2 aliphatic heterocycles. The number of hydrogen-bond acceptors (Lipinski definition) is 8. The van der Waals surface area contributed by atoms with Crippen molar-refractivity contribution >= 4 is 29.6 Å². The van der Waals surface area contributed by atoms with Crippen molar-refractivity contribution in [2.24, 2.45) is 17.3 Å². The molecule has 44 heavy (non-hydrogen) atoms. The van der Waals surface area contributed by atoms with Crippen LogP contribution in [0.4, 0.5) is 4.39 Å². The Bertz CT molecular complexity index is 1410. The molecule has 10 heteroatoms. The summed E-state index contributed by atoms with van der Waals surface area (Å²) in [6.45, 7) is 12.7. The molecule has 1 aromatic carbocycles. The summed E-state index contributed by atoms with van der Waals surface area (Å²) >= 11 is 1.50. The van der Waals surface area contributed by atoms with Crippen LogP contribution in [0.15, 0.2) is 34.9 Å². The highest BCUT2D eigenvalue weighted by atomic mass is 32.2. The molecule has 1 aromatic heterocycles. The highest BCUT2D eigenvalue weighted by molar-refractivity contribution is 7.98. The van der Waals surface area contributed by atoms with Gasteiger partial charge in [-0.1, -0.05) is 40.2 Å². The van der Waals surface area contributed by atoms with Crippen LogP contribution in [-0.4, -0.2) is 67.9 Å². The third-order valence-corrected chi connectivity index (χ3v) is 10.5. The highest BCUT2D eigenvalue weighted by Crippen LogP contribution is 2.38. The number of Topliss-reactive ketones (excluding diaryl/α,β-unsaturated/α-hetero) is 1. The van der Waals surface area contributed by atoms with Crippen molar-refractivity contribution in [1.82, 2.24) is 15.1 Å². The van der Waals surface area contributed by atoms with Gasteiger partial charge in [0.05, 0.1) is 35.4 Å². The number of rotatable bonds is 4. The maximum Gasteiger partial charge on any atom is 0.309 e. The molecule has 0 aliphatic carbocycles. The van der Waals surface area contributed by atoms with E-state index < -0.39 is 35.6 Å². The Kier molecular flexibility index (Phi) is 10.5. The fourth-order valence-corrected chi connectivity index (χ4v) is 6.82. The second-order valence-corrected chi connectivity index (χ2v) is 14.5. The minimum absolute atomic E-state index is 0.0825. The van der Waals surface area contributed by atoms with Gasteiger partial charge in [0.2, 0.25) is 0 Å². The number of ketones is 1. The van der Waals surface area contributed by atoms with Crippen molar-refractivity contribution in [3.63, 3.8) is 0 Å². The quantitative estimate of drug-likeness (QED) is 0.226. The lowest BCUT2D eigenvalue weighted by molar-refractivity contribution is -0.154. The van der Waals surface area contributed by atoms with E-state index in [0.29, 0.717) is 23.4 Å². The van der Waals surface area contributed by atoms with Gasteiger partial charge < -0.3 is 20.3 Å². The maximum atomic E-state index is 14.3. The number of hydrogen-bond donors (Lipinski definition) is 3. The topological polar surface area (TPSA) is 124 Å². The van der Waals surface area contributed by atoms with Crippen LogP contribution >= 0.6 is 11.8 Å². The van der Waals surface area contributed by atoms with Gasteiger partial charge in [0.25, 0.3) is 0 Å². The van der Waals surface area contributed by atoms with Gasteiger partial charge in [-0.25, -0.2) is 9.07 Å². The number of aromatic nitrogens is 2. The van der Waals surface area contributed by atoms with E-state index in [2.05, 4.69) is 12.2 Å². The predicted octanol–water partition coefficient (Wildman–Crippen LogP) is 5.64. The molecule has 0 radical (unpaired) electrons. The van der Waals surface area contributed by atoms with Crippen molar-refractivity contribution in [3.8, 4) is 5.69 Å². The van der Waals surface area contributed by atoms with Crippen LogP contribution in [0.1, 0.15) is 84.9 Å². The molecule has 242 valence electrons. The number of fused-ring (bicyclic) bond motifs is 1. The van der Waals surface area contributed by atoms with Crippen LogP contribution in [0.3, 0.4) is 0 Å². The van der Waals surface area contributed by atoms with E-state index in [-0.39, 0.29) is 35.5 Å². The van der Waals surface area contributed by atoms with E-state index in [1.165, 1.54) is 17.8 Å². The number of thioether (sulfide) groups is 1. The van der Waals surface area contributed by atoms with E-state index in [1.807, 2.05) is 38.3 Å². The van der Waals surface area contributed by atoms with Crippen LogP contribution < -0.4 is 5.32 Å². The molecule has 0 saturated carbocycles. The van der Waals surface area contributed by atoms with Gasteiger partial charge in [-0.15, -0.1) is 11.8 Å². The van der Waals surface area contributed by atoms with E-state index in [0.717, 1.165) is 29.9 Å². The second kappa shape index (κ2) is 13.4. The molecule has 0 amide bonds. The second-order valence-electron chi connectivity index (χ2n) is 13.6. The number of nitrogens with one attached hydrogen (secondary N) is 1. The lowest BCUT2D eigenvalue weighted by Crippen LogP contribution is -2.45. The molecule has 3 N–H and O–H groups in total. The Morgan fingerprint density at radius 2 is 1.91 bits per heavy atom. The molecule has 2 fully saturated rings. The molecule has 0 bridgehead atoms. The Balaban J connectivity index is 1.62. The molecule has 7 atom stereocenters. The number of aliphatic hydroxyl groups excluding tert-OH is 2. The molecule has 2 saturated heterocycles. The number of nitrogens with zero attached hydrogens (tertiary/aromatic N) is 2. The molecule has 0 spiro atoms. The molecule has 2 aliphatic rings. The zero-order valence-electron chi connectivity index (χ0n) is 27.2. The first kappa shape index (κ1) is 34.3. The number of aliphatic hydroxyl groups is 2. The summed E-state index contributed by atoms with van der Waals surface area (Å²) in [5.41, 5.74) is 1.24. The fourth-order valence-electron chi connectivity index (χ4n) is 6.27. The van der Waals surface area contributed by atoms with Crippen molar-refractivity contribution in [1.29, 1.82) is 0 Å². The Morgan fingerprint density at radius 1 is 1.20 bits per heavy atom. The number of halogens is 1. The summed E-state index contributed by atoms with van der Waals surface area (Å²) in [4.78, 5) is 26.6. The van der Waals surface area contributed by atoms with Crippen molar-refractivity contribution in [2.45, 2.75) is 115 Å². The Morgan fingerprint density at radius 3 is 2.57 bits per heavy atom. The van der Waals surface area contributed by atoms with E-state index in [9.17, 15) is 24.2 Å². The molecular formula is C34H48FN3O5S. The first-order valence-corrected chi connectivity index (χ1v) is 16.8. The first-order chi connectivity index (χ1) is 20.6. The highest BCUT2D eigenvalue weighted by Gasteiger charge is 2.50. The fraction of sp³-hybridized carbons (Fsp3) is 0.618. The lowest BCUT2D eigenvalue weighted by Gasteiger charge is -2.34. The van der Waals surface area contributed by atoms with Gasteiger partial charge in [0.15, 0.2) is 0 Å². The molecule has 4 rings (SSSR count). The van der Waals surface area contributed by atoms with E-state index in [4.69, 9.17) is 9.84 Å². The van der Waals surface area contributed by atoms with Crippen LogP contribution in [0.5, 0.6) is 0 Å². The van der Waals surface area contributed by atoms with Crippen molar-refractivity contribution < 1.29 is 28.9 Å². The number of esters is 1. The van der Waals surface area contributed by atoms with Crippen LogP contribution in [0.2, 0.25) is 0 Å². The number of benzene rings is 1. The summed E-state index contributed by atoms with van der Waals surface area (Å²) in [6.07, 6.45) is 3.85. The van der Waals surface area contributed by atoms with Gasteiger partial charge in [-0.3, -0.25) is 9.59 Å². The Hall–Kier alpha value is -2.53. The lowest BCUT2D eigenvalue weighted by atomic mass is 9.73. The summed E-state index contributed by atoms with van der Waals surface area (Å²) < 4.78 is 22.0. The van der Waals surface area contributed by atoms with E-state index in [1.54, 1.807) is 38.4 Å². The standard InChI is InChI=1S/C34H48FN3O5S/c1-19-11-12-24(16-25(19)35)38-29(44-8)15-23(37-38)14-21(3)26-17-27-34(7,36-27)13-9-10-20(2)31(41)22(4)32(42)33(5,6)28(39)18-30(40)43-26/h11-12,14-16,20,22,26-28,31,36,39,41H,9-10,13,17-18H2,1-8H3/b21-14+/t20-,22+,26-,27-,28-,31-,34+/m0/s1. The number of carbonyl (C=O) groups is 2. The average molecular weight is 630 g/mol. The van der Waals surface area contributed by atoms with Gasteiger partial charge >= 0.3 is 5.97 Å². The third kappa shape index (κ3) is 7.46. The van der Waals surface area contributed by atoms with Gasteiger partial charge in [-0.2, -0.15) is 5.10 Å². The van der Waals surface area contributed by atoms with E-state index >= 15 is 0 Å². The average Bonchev–Trinajstić information content (AvgIpc) is 3.41. The zero-order valence-corrected chi connectivity index (χ0v) is 28.0. The molecule has 3 heterocycles. The van der Waals surface area contributed by atoms with Crippen LogP contribution in [0.25, 0.3) is 11.8 Å². The van der Waals surface area contributed by atoms with Crippen molar-refractivity contribution in [2.75, 3.05) is 6.26 Å². The van der Waals surface area contributed by atoms with Gasteiger partial charge in [0, 0.05) is 23.9 Å². The smallest absolute Gasteiger partial charge is 0.309 e. The molecule has 0 unspecified atom stereocenters. The summed E-state index contributed by atoms with van der Waals surface area (Å²) in [7, 11) is 0. The minimum atomic E-state index is -1.27. The molecular weight excluding hydrogens is 581 g/mol. The maximum absolute atomic E-state index is 14.3. The molecule has 2 aromatic rings. The largest absolute Gasteiger partial charge is 0.458 e. The summed E-state index contributed by atoms with van der Waals surface area (Å²) in [5, 5.41) is 31.1. The molecule has 8 nitrogen and oxygen atoms in total. The number of carbonyl (C=O) groups excluding carboxylic acids is 2. The van der Waals surface area contributed by atoms with Crippen LogP contribution in [0, 0.1) is 30.0 Å². The normalized spacial score (nSPS) is 32.2. The summed E-state index contributed by atoms with van der Waals surface area (Å²) in [5.74, 6) is -1.94. The SMILES string of the molecule is CSc1cc(/C=C(\C)[C@@H]2C[C@@H]3N[C@]3(C)CCC[C@H](C)[C@H](O)[C@@H](C)C(=O)C(C)(C)[C@@H](O)CC(=O)O2)nn1-c1ccc(C)c(F)c1. The monoisotopic (exact) mass is 629 g/mol. The van der Waals surface area contributed by atoms with Gasteiger partial charge in [-0.05, 0) is 81.2 Å². The minimum Gasteiger partial charge on any atom is -0.458 e. The van der Waals surface area contributed by atoms with Crippen molar-refractivity contribution in [3.05, 3.63) is 46.9 Å². The first-order valence-electron chi connectivity index (χ1n) is 15.5. The zero-order chi connectivity index (χ0) is 32.6. The number of ether oxygens (including phenoxy) is 1. The number of cyclic esters (lactones) is 1. The predicted molar refractivity (Wildman–Crippen MR) is 171 cm³/mol. The third-order valence-electron chi connectivity index (χ3n) is 9.79. The summed E-state index contributed by atoms with van der Waals surface area (Å²) in [6, 6.07) is 7.05.